The summed E-state index contributed by atoms with van der Waals surface area (Å²) in [6, 6.07) is 4.24. The van der Waals surface area contributed by atoms with E-state index < -0.39 is 4.92 Å². The van der Waals surface area contributed by atoms with Crippen molar-refractivity contribution in [3.63, 3.8) is 0 Å². The molecule has 1 saturated heterocycles. The number of likely N-dealkylation sites (tertiary alicyclic amines) is 1. The number of hydrogen-bond donors (Lipinski definition) is 1. The van der Waals surface area contributed by atoms with Crippen molar-refractivity contribution in [2.75, 3.05) is 25.0 Å². The van der Waals surface area contributed by atoms with Crippen LogP contribution in [0.4, 0.5) is 11.4 Å². The molecule has 0 atom stereocenters. The fourth-order valence-electron chi connectivity index (χ4n) is 2.63. The predicted molar refractivity (Wildman–Crippen MR) is 86.3 cm³/mol. The van der Waals surface area contributed by atoms with Crippen LogP contribution in [0.25, 0.3) is 0 Å². The van der Waals surface area contributed by atoms with E-state index in [1.165, 1.54) is 37.5 Å². The van der Waals surface area contributed by atoms with Gasteiger partial charge in [-0.2, -0.15) is 0 Å². The fraction of sp³-hybridized carbons (Fsp3) is 0.533. The van der Waals surface area contributed by atoms with Crippen LogP contribution in [-0.2, 0) is 4.79 Å². The summed E-state index contributed by atoms with van der Waals surface area (Å²) in [6.45, 7) is 2.06. The number of benzene rings is 1. The number of nitrogens with zero attached hydrogens (tertiary/aromatic N) is 2. The number of halogens is 1. The van der Waals surface area contributed by atoms with E-state index in [0.717, 1.165) is 25.9 Å². The van der Waals surface area contributed by atoms with Crippen LogP contribution in [0.3, 0.4) is 0 Å². The first kappa shape index (κ1) is 16.7. The second-order valence-corrected chi connectivity index (χ2v) is 5.95. The van der Waals surface area contributed by atoms with Gasteiger partial charge in [0, 0.05) is 11.1 Å². The normalized spacial score (nSPS) is 16.6. The van der Waals surface area contributed by atoms with Crippen LogP contribution < -0.4 is 5.32 Å². The van der Waals surface area contributed by atoms with Gasteiger partial charge in [-0.3, -0.25) is 19.8 Å². The molecule has 1 aliphatic rings. The lowest BCUT2D eigenvalue weighted by atomic mass is 10.1. The summed E-state index contributed by atoms with van der Waals surface area (Å²) >= 11 is 5.76. The second kappa shape index (κ2) is 8.10. The van der Waals surface area contributed by atoms with Gasteiger partial charge in [-0.15, -0.1) is 0 Å². The number of anilines is 1. The third-order valence-corrected chi connectivity index (χ3v) is 3.98. The minimum Gasteiger partial charge on any atom is -0.319 e. The second-order valence-electron chi connectivity index (χ2n) is 5.51. The SMILES string of the molecule is O=C(CN1CCCCCCC1)Nc1ccc(Cl)cc1[N+](=O)[O-]. The van der Waals surface area contributed by atoms with Crippen LogP contribution in [-0.4, -0.2) is 35.4 Å². The Kier molecular flexibility index (Phi) is 6.15. The number of rotatable bonds is 4. The van der Waals surface area contributed by atoms with Crippen molar-refractivity contribution in [1.29, 1.82) is 0 Å². The molecule has 2 rings (SSSR count). The van der Waals surface area contributed by atoms with Gasteiger partial charge in [0.05, 0.1) is 11.5 Å². The summed E-state index contributed by atoms with van der Waals surface area (Å²) in [6.07, 6.45) is 5.83. The Morgan fingerprint density at radius 3 is 2.50 bits per heavy atom. The smallest absolute Gasteiger partial charge is 0.294 e. The van der Waals surface area contributed by atoms with E-state index in [1.807, 2.05) is 0 Å². The van der Waals surface area contributed by atoms with Crippen LogP contribution in [0.2, 0.25) is 5.02 Å². The first-order valence-corrected chi connectivity index (χ1v) is 7.90. The van der Waals surface area contributed by atoms with Gasteiger partial charge >= 0.3 is 0 Å². The Hall–Kier alpha value is -1.66. The lowest BCUT2D eigenvalue weighted by Crippen LogP contribution is -2.35. The molecule has 1 fully saturated rings. The fourth-order valence-corrected chi connectivity index (χ4v) is 2.79. The number of amides is 1. The maximum Gasteiger partial charge on any atom is 0.294 e. The average Bonchev–Trinajstić information content (AvgIpc) is 2.43. The van der Waals surface area contributed by atoms with Gasteiger partial charge < -0.3 is 5.32 Å². The van der Waals surface area contributed by atoms with Gasteiger partial charge in [-0.05, 0) is 38.1 Å². The molecule has 1 heterocycles. The Morgan fingerprint density at radius 2 is 1.86 bits per heavy atom. The molecule has 1 N–H and O–H groups in total. The molecule has 0 spiro atoms. The van der Waals surface area contributed by atoms with Gasteiger partial charge in [-0.1, -0.05) is 30.9 Å². The topological polar surface area (TPSA) is 75.5 Å². The molecule has 0 saturated carbocycles. The minimum absolute atomic E-state index is 0.187. The van der Waals surface area contributed by atoms with E-state index in [0.29, 0.717) is 0 Å². The van der Waals surface area contributed by atoms with Crippen LogP contribution in [0.15, 0.2) is 18.2 Å². The summed E-state index contributed by atoms with van der Waals surface area (Å²) in [5.41, 5.74) is -0.0000365. The predicted octanol–water partition coefficient (Wildman–Crippen LogP) is 3.45. The largest absolute Gasteiger partial charge is 0.319 e. The number of nitro groups is 1. The molecule has 0 aromatic heterocycles. The Labute approximate surface area is 134 Å². The summed E-state index contributed by atoms with van der Waals surface area (Å²) < 4.78 is 0. The molecule has 120 valence electrons. The van der Waals surface area contributed by atoms with E-state index >= 15 is 0 Å². The lowest BCUT2D eigenvalue weighted by Gasteiger charge is -2.23. The van der Waals surface area contributed by atoms with Crippen molar-refractivity contribution < 1.29 is 9.72 Å². The number of nitrogens with one attached hydrogen (secondary N) is 1. The summed E-state index contributed by atoms with van der Waals surface area (Å²) in [5.74, 6) is -0.231. The van der Waals surface area contributed by atoms with Gasteiger partial charge in [0.15, 0.2) is 0 Å². The number of hydrogen-bond acceptors (Lipinski definition) is 4. The zero-order valence-electron chi connectivity index (χ0n) is 12.4. The van der Waals surface area contributed by atoms with E-state index in [1.54, 1.807) is 0 Å². The Balaban J connectivity index is 1.98. The van der Waals surface area contributed by atoms with Crippen LogP contribution in [0.5, 0.6) is 0 Å². The van der Waals surface area contributed by atoms with Crippen molar-refractivity contribution >= 4 is 28.9 Å². The van der Waals surface area contributed by atoms with E-state index in [4.69, 9.17) is 11.6 Å². The molecule has 1 amide bonds. The molecule has 0 bridgehead atoms. The van der Waals surface area contributed by atoms with Crippen LogP contribution in [0.1, 0.15) is 32.1 Å². The average molecular weight is 326 g/mol. The maximum absolute atomic E-state index is 12.1. The van der Waals surface area contributed by atoms with Gasteiger partial charge in [-0.25, -0.2) is 0 Å². The third kappa shape index (κ3) is 4.96. The van der Waals surface area contributed by atoms with Crippen molar-refractivity contribution in [2.24, 2.45) is 0 Å². The van der Waals surface area contributed by atoms with Crippen molar-refractivity contribution in [2.45, 2.75) is 32.1 Å². The highest BCUT2D eigenvalue weighted by atomic mass is 35.5. The highest BCUT2D eigenvalue weighted by molar-refractivity contribution is 6.31. The lowest BCUT2D eigenvalue weighted by molar-refractivity contribution is -0.383. The van der Waals surface area contributed by atoms with Gasteiger partial charge in [0.2, 0.25) is 5.91 Å². The molecule has 1 aromatic carbocycles. The molecule has 0 aliphatic carbocycles. The molecule has 6 nitrogen and oxygen atoms in total. The molecule has 22 heavy (non-hydrogen) atoms. The van der Waals surface area contributed by atoms with Crippen LogP contribution >= 0.6 is 11.6 Å². The third-order valence-electron chi connectivity index (χ3n) is 3.75. The zero-order valence-corrected chi connectivity index (χ0v) is 13.1. The monoisotopic (exact) mass is 325 g/mol. The standard InChI is InChI=1S/C15H20ClN3O3/c16-12-6-7-13(14(10-12)19(21)22)17-15(20)11-18-8-4-2-1-3-5-9-18/h6-7,10H,1-5,8-9,11H2,(H,17,20). The van der Waals surface area contributed by atoms with E-state index in [9.17, 15) is 14.9 Å². The van der Waals surface area contributed by atoms with E-state index in [-0.39, 0.29) is 28.8 Å². The molecule has 0 unspecified atom stereocenters. The zero-order chi connectivity index (χ0) is 15.9. The Bertz CT molecular complexity index is 543. The molecular formula is C15H20ClN3O3. The maximum atomic E-state index is 12.1. The van der Waals surface area contributed by atoms with Gasteiger partial charge in [0.1, 0.15) is 5.69 Å². The highest BCUT2D eigenvalue weighted by Gasteiger charge is 2.18. The summed E-state index contributed by atoms with van der Waals surface area (Å²) in [4.78, 5) is 24.7. The molecule has 1 aliphatic heterocycles. The first-order valence-electron chi connectivity index (χ1n) is 7.52. The number of carbonyl (C=O) groups excluding carboxylic acids is 1. The quantitative estimate of drug-likeness (QED) is 0.679. The van der Waals surface area contributed by atoms with Gasteiger partial charge in [0.25, 0.3) is 5.69 Å². The number of carbonyl (C=O) groups is 1. The van der Waals surface area contributed by atoms with Crippen LogP contribution in [0, 0.1) is 10.1 Å². The molecule has 7 heteroatoms. The molecule has 1 aromatic rings. The van der Waals surface area contributed by atoms with Crippen molar-refractivity contribution in [3.05, 3.63) is 33.3 Å². The molecule has 0 radical (unpaired) electrons. The molecular weight excluding hydrogens is 306 g/mol. The highest BCUT2D eigenvalue weighted by Crippen LogP contribution is 2.27. The number of nitro benzene ring substituents is 1. The minimum atomic E-state index is -0.544. The first-order chi connectivity index (χ1) is 10.6. The summed E-state index contributed by atoms with van der Waals surface area (Å²) in [7, 11) is 0. The van der Waals surface area contributed by atoms with Crippen molar-refractivity contribution in [1.82, 2.24) is 4.90 Å². The Morgan fingerprint density at radius 1 is 1.23 bits per heavy atom. The summed E-state index contributed by atoms with van der Waals surface area (Å²) in [5, 5.41) is 13.9. The van der Waals surface area contributed by atoms with Crippen molar-refractivity contribution in [3.8, 4) is 0 Å². The van der Waals surface area contributed by atoms with E-state index in [2.05, 4.69) is 10.2 Å².